The number of unbranched alkanes of at least 4 members (excludes halogenated alkanes) is 3. The van der Waals surface area contributed by atoms with Crippen molar-refractivity contribution in [2.45, 2.75) is 83.0 Å². The number of carboxylic acids is 1. The lowest BCUT2D eigenvalue weighted by molar-refractivity contribution is -0.137. The van der Waals surface area contributed by atoms with Crippen LogP contribution in [0.1, 0.15) is 64.7 Å². The quantitative estimate of drug-likeness (QED) is 0.319. The first-order chi connectivity index (χ1) is 12.0. The molecule has 0 aromatic carbocycles. The van der Waals surface area contributed by atoms with Gasteiger partial charge in [0.05, 0.1) is 18.3 Å². The summed E-state index contributed by atoms with van der Waals surface area (Å²) in [5.41, 5.74) is 0. The van der Waals surface area contributed by atoms with Gasteiger partial charge < -0.3 is 20.4 Å². The molecule has 0 aromatic rings. The van der Waals surface area contributed by atoms with Crippen LogP contribution in [0.3, 0.4) is 0 Å². The third-order valence-corrected chi connectivity index (χ3v) is 4.91. The van der Waals surface area contributed by atoms with Crippen LogP contribution in [0.15, 0.2) is 24.3 Å². The number of carboxylic acid groups (broad SMARTS) is 1. The van der Waals surface area contributed by atoms with Gasteiger partial charge in [0.1, 0.15) is 0 Å². The molecule has 144 valence electrons. The molecule has 5 nitrogen and oxygen atoms in total. The van der Waals surface area contributed by atoms with Crippen molar-refractivity contribution < 1.29 is 25.2 Å². The Morgan fingerprint density at radius 1 is 1.16 bits per heavy atom. The second kappa shape index (κ2) is 12.2. The van der Waals surface area contributed by atoms with E-state index in [4.69, 9.17) is 5.11 Å². The van der Waals surface area contributed by atoms with Crippen molar-refractivity contribution in [2.75, 3.05) is 0 Å². The maximum absolute atomic E-state index is 10.5. The van der Waals surface area contributed by atoms with Crippen LogP contribution in [0.5, 0.6) is 0 Å². The lowest BCUT2D eigenvalue weighted by Gasteiger charge is -2.19. The zero-order chi connectivity index (χ0) is 18.7. The summed E-state index contributed by atoms with van der Waals surface area (Å²) in [5, 5.41) is 39.0. The first-order valence-electron chi connectivity index (χ1n) is 9.55. The third-order valence-electron chi connectivity index (χ3n) is 4.91. The maximum atomic E-state index is 10.5. The third kappa shape index (κ3) is 8.66. The number of aliphatic carboxylic acids is 1. The van der Waals surface area contributed by atoms with Gasteiger partial charge >= 0.3 is 5.97 Å². The highest BCUT2D eigenvalue weighted by Gasteiger charge is 2.39. The van der Waals surface area contributed by atoms with Gasteiger partial charge in [-0.05, 0) is 31.6 Å². The molecule has 0 spiro atoms. The molecule has 4 N–H and O–H groups in total. The lowest BCUT2D eigenvalue weighted by atomic mass is 9.89. The largest absolute Gasteiger partial charge is 0.481 e. The molecule has 0 amide bonds. The fourth-order valence-corrected chi connectivity index (χ4v) is 3.41. The van der Waals surface area contributed by atoms with Crippen LogP contribution in [0.2, 0.25) is 0 Å². The predicted octanol–water partition coefficient (Wildman–Crippen LogP) is 3.04. The van der Waals surface area contributed by atoms with Gasteiger partial charge in [-0.25, -0.2) is 0 Å². The van der Waals surface area contributed by atoms with E-state index in [1.54, 1.807) is 6.08 Å². The van der Waals surface area contributed by atoms with E-state index in [1.807, 2.05) is 18.2 Å². The summed E-state index contributed by atoms with van der Waals surface area (Å²) in [4.78, 5) is 10.5. The van der Waals surface area contributed by atoms with Crippen LogP contribution < -0.4 is 0 Å². The summed E-state index contributed by atoms with van der Waals surface area (Å²) >= 11 is 0. The van der Waals surface area contributed by atoms with Gasteiger partial charge in [0, 0.05) is 18.8 Å². The standard InChI is InChI=1S/C20H34O5/c1-2-3-6-9-15(21)12-13-17-16(18(22)14-19(17)23)10-7-4-5-8-11-20(24)25/h4,7,12-13,15-19,21-23H,2-3,5-6,8-11,14H2,1H3,(H,24,25)/b7-4+,13-12+/t15?,16?,17?,18-,19-/m1/s1. The summed E-state index contributed by atoms with van der Waals surface area (Å²) in [7, 11) is 0. The predicted molar refractivity (Wildman–Crippen MR) is 98.1 cm³/mol. The van der Waals surface area contributed by atoms with Gasteiger partial charge in [0.15, 0.2) is 0 Å². The van der Waals surface area contributed by atoms with Crippen LogP contribution >= 0.6 is 0 Å². The SMILES string of the molecule is CCCCCC(O)/C=C/C1C(C/C=C/CCCC(=O)O)[C@H](O)C[C@H]1O. The Morgan fingerprint density at radius 3 is 2.60 bits per heavy atom. The van der Waals surface area contributed by atoms with E-state index in [9.17, 15) is 20.1 Å². The van der Waals surface area contributed by atoms with Crippen molar-refractivity contribution in [3.05, 3.63) is 24.3 Å². The molecule has 5 heteroatoms. The highest BCUT2D eigenvalue weighted by atomic mass is 16.4. The van der Waals surface area contributed by atoms with E-state index in [0.29, 0.717) is 25.7 Å². The summed E-state index contributed by atoms with van der Waals surface area (Å²) in [6.45, 7) is 2.12. The Labute approximate surface area is 151 Å². The molecule has 3 unspecified atom stereocenters. The van der Waals surface area contributed by atoms with Gasteiger partial charge in [-0.15, -0.1) is 0 Å². The molecule has 0 saturated heterocycles. The Morgan fingerprint density at radius 2 is 1.92 bits per heavy atom. The molecule has 0 bridgehead atoms. The fraction of sp³-hybridized carbons (Fsp3) is 0.750. The molecule has 1 aliphatic rings. The molecule has 0 radical (unpaired) electrons. The number of carbonyl (C=O) groups is 1. The smallest absolute Gasteiger partial charge is 0.303 e. The van der Waals surface area contributed by atoms with Gasteiger partial charge in [0.2, 0.25) is 0 Å². The maximum Gasteiger partial charge on any atom is 0.303 e. The molecule has 1 fully saturated rings. The molecule has 0 aromatic heterocycles. The highest BCUT2D eigenvalue weighted by molar-refractivity contribution is 5.66. The minimum atomic E-state index is -0.787. The van der Waals surface area contributed by atoms with Crippen LogP contribution in [-0.4, -0.2) is 44.7 Å². The minimum absolute atomic E-state index is 0.0650. The fourth-order valence-electron chi connectivity index (χ4n) is 3.41. The Balaban J connectivity index is 2.46. The summed E-state index contributed by atoms with van der Waals surface area (Å²) < 4.78 is 0. The van der Waals surface area contributed by atoms with Crippen molar-refractivity contribution in [1.29, 1.82) is 0 Å². The average molecular weight is 354 g/mol. The van der Waals surface area contributed by atoms with Crippen molar-refractivity contribution in [3.8, 4) is 0 Å². The van der Waals surface area contributed by atoms with Gasteiger partial charge in [-0.2, -0.15) is 0 Å². The molecular weight excluding hydrogens is 320 g/mol. The number of allylic oxidation sites excluding steroid dienone is 2. The topological polar surface area (TPSA) is 98.0 Å². The van der Waals surface area contributed by atoms with E-state index >= 15 is 0 Å². The summed E-state index contributed by atoms with van der Waals surface area (Å²) in [5.74, 6) is -1.00. The second-order valence-corrected chi connectivity index (χ2v) is 7.05. The summed E-state index contributed by atoms with van der Waals surface area (Å²) in [6.07, 6.45) is 12.3. The van der Waals surface area contributed by atoms with E-state index < -0.39 is 24.3 Å². The molecule has 0 aliphatic heterocycles. The average Bonchev–Trinajstić information content (AvgIpc) is 2.82. The Bertz CT molecular complexity index is 432. The van der Waals surface area contributed by atoms with E-state index in [2.05, 4.69) is 6.92 Å². The van der Waals surface area contributed by atoms with Crippen molar-refractivity contribution in [1.82, 2.24) is 0 Å². The first kappa shape index (κ1) is 21.9. The number of aliphatic hydroxyl groups excluding tert-OH is 3. The number of hydrogen-bond acceptors (Lipinski definition) is 4. The molecule has 25 heavy (non-hydrogen) atoms. The summed E-state index contributed by atoms with van der Waals surface area (Å²) in [6, 6.07) is 0. The van der Waals surface area contributed by atoms with Crippen LogP contribution in [0.4, 0.5) is 0 Å². The highest BCUT2D eigenvalue weighted by Crippen LogP contribution is 2.36. The monoisotopic (exact) mass is 354 g/mol. The van der Waals surface area contributed by atoms with Gasteiger partial charge in [-0.1, -0.05) is 50.5 Å². The van der Waals surface area contributed by atoms with E-state index in [0.717, 1.165) is 25.7 Å². The van der Waals surface area contributed by atoms with Crippen LogP contribution in [0, 0.1) is 11.8 Å². The molecule has 5 atom stereocenters. The lowest BCUT2D eigenvalue weighted by Crippen LogP contribution is -2.20. The van der Waals surface area contributed by atoms with Gasteiger partial charge in [0.25, 0.3) is 0 Å². The molecular formula is C20H34O5. The minimum Gasteiger partial charge on any atom is -0.481 e. The molecule has 1 aliphatic carbocycles. The Hall–Kier alpha value is -1.17. The first-order valence-corrected chi connectivity index (χ1v) is 9.55. The normalized spacial score (nSPS) is 28.2. The number of rotatable bonds is 12. The van der Waals surface area contributed by atoms with Crippen molar-refractivity contribution in [2.24, 2.45) is 11.8 Å². The second-order valence-electron chi connectivity index (χ2n) is 7.05. The van der Waals surface area contributed by atoms with E-state index in [-0.39, 0.29) is 18.3 Å². The molecule has 0 heterocycles. The van der Waals surface area contributed by atoms with Crippen molar-refractivity contribution in [3.63, 3.8) is 0 Å². The van der Waals surface area contributed by atoms with Crippen LogP contribution in [0.25, 0.3) is 0 Å². The molecule has 1 rings (SSSR count). The van der Waals surface area contributed by atoms with Gasteiger partial charge in [-0.3, -0.25) is 4.79 Å². The number of hydrogen-bond donors (Lipinski definition) is 4. The Kier molecular flexibility index (Phi) is 10.7. The zero-order valence-electron chi connectivity index (χ0n) is 15.3. The van der Waals surface area contributed by atoms with E-state index in [1.165, 1.54) is 0 Å². The zero-order valence-corrected chi connectivity index (χ0v) is 15.3. The van der Waals surface area contributed by atoms with Crippen LogP contribution in [-0.2, 0) is 4.79 Å². The molecule has 1 saturated carbocycles. The van der Waals surface area contributed by atoms with Crippen molar-refractivity contribution >= 4 is 5.97 Å². The number of aliphatic hydroxyl groups is 3.